The molecule has 0 amide bonds. The van der Waals surface area contributed by atoms with Gasteiger partial charge in [-0.25, -0.2) is 0 Å². The second kappa shape index (κ2) is 7.68. The third kappa shape index (κ3) is 5.86. The summed E-state index contributed by atoms with van der Waals surface area (Å²) in [6.07, 6.45) is 0.617. The van der Waals surface area contributed by atoms with Gasteiger partial charge in [-0.05, 0) is 0 Å². The Morgan fingerprint density at radius 3 is 1.63 bits per heavy atom. The summed E-state index contributed by atoms with van der Waals surface area (Å²) >= 11 is 0. The Morgan fingerprint density at radius 1 is 0.895 bits per heavy atom. The molecule has 112 valence electrons. The summed E-state index contributed by atoms with van der Waals surface area (Å²) in [6.45, 7) is 4.31. The molecule has 0 saturated carbocycles. The van der Waals surface area contributed by atoms with Crippen molar-refractivity contribution in [3.8, 4) is 0 Å². The van der Waals surface area contributed by atoms with Crippen LogP contribution in [0, 0.1) is 0 Å². The first-order valence-electron chi connectivity index (χ1n) is 6.77. The van der Waals surface area contributed by atoms with Crippen LogP contribution in [0.3, 0.4) is 0 Å². The van der Waals surface area contributed by atoms with Crippen molar-refractivity contribution in [3.63, 3.8) is 0 Å². The lowest BCUT2D eigenvalue weighted by atomic mass is 10.5. The van der Waals surface area contributed by atoms with E-state index in [-0.39, 0.29) is 0 Å². The van der Waals surface area contributed by atoms with Gasteiger partial charge >= 0.3 is 8.56 Å². The second-order valence-corrected chi connectivity index (χ2v) is 8.52. The minimum atomic E-state index is -2.18. The summed E-state index contributed by atoms with van der Waals surface area (Å²) in [5.74, 6) is 0. The van der Waals surface area contributed by atoms with Crippen LogP contribution in [0.5, 0.6) is 0 Å². The lowest BCUT2D eigenvalue weighted by molar-refractivity contribution is 0.107. The zero-order valence-corrected chi connectivity index (χ0v) is 12.8. The molecule has 0 aromatic heterocycles. The summed E-state index contributed by atoms with van der Waals surface area (Å²) in [5.41, 5.74) is 0. The molecule has 7 heteroatoms. The van der Waals surface area contributed by atoms with Crippen LogP contribution >= 0.6 is 0 Å². The molecule has 0 aromatic carbocycles. The smallest absolute Gasteiger partial charge is 0.342 e. The number of ether oxygens (including phenoxy) is 4. The van der Waals surface area contributed by atoms with Gasteiger partial charge in [-0.2, -0.15) is 0 Å². The van der Waals surface area contributed by atoms with Gasteiger partial charge in [-0.15, -0.1) is 0 Å². The molecule has 0 aromatic rings. The average Bonchev–Trinajstić information content (AvgIpc) is 3.31. The molecule has 19 heavy (non-hydrogen) atoms. The van der Waals surface area contributed by atoms with Crippen molar-refractivity contribution in [3.05, 3.63) is 0 Å². The van der Waals surface area contributed by atoms with Gasteiger partial charge in [0.1, 0.15) is 12.2 Å². The summed E-state index contributed by atoms with van der Waals surface area (Å²) in [5, 5.41) is 0. The quantitative estimate of drug-likeness (QED) is 0.297. The highest BCUT2D eigenvalue weighted by Crippen LogP contribution is 2.19. The van der Waals surface area contributed by atoms with E-state index in [1.54, 1.807) is 14.2 Å². The van der Waals surface area contributed by atoms with Gasteiger partial charge in [0.2, 0.25) is 0 Å². The van der Waals surface area contributed by atoms with Crippen LogP contribution in [0.15, 0.2) is 0 Å². The van der Waals surface area contributed by atoms with Crippen LogP contribution in [0.25, 0.3) is 0 Å². The van der Waals surface area contributed by atoms with Gasteiger partial charge < -0.3 is 27.8 Å². The highest BCUT2D eigenvalue weighted by molar-refractivity contribution is 6.67. The largest absolute Gasteiger partial charge is 0.397 e. The molecule has 0 N–H and O–H groups in total. The van der Waals surface area contributed by atoms with Gasteiger partial charge in [0.15, 0.2) is 0 Å². The van der Waals surface area contributed by atoms with E-state index in [0.29, 0.717) is 38.6 Å². The van der Waals surface area contributed by atoms with Crippen molar-refractivity contribution in [2.24, 2.45) is 0 Å². The lowest BCUT2D eigenvalue weighted by Gasteiger charge is -2.27. The van der Waals surface area contributed by atoms with Crippen LogP contribution < -0.4 is 0 Å². The van der Waals surface area contributed by atoms with E-state index in [1.165, 1.54) is 0 Å². The van der Waals surface area contributed by atoms with E-state index in [4.69, 9.17) is 27.8 Å². The Morgan fingerprint density at radius 2 is 1.32 bits per heavy atom. The molecule has 2 aliphatic rings. The SMILES string of the molecule is CO[Si](CCOCC1CO1)(CCOCC1CO1)OC. The fraction of sp³-hybridized carbons (Fsp3) is 1.00. The fourth-order valence-corrected chi connectivity index (χ4v) is 3.97. The highest BCUT2D eigenvalue weighted by Gasteiger charge is 2.35. The third-order valence-electron chi connectivity index (χ3n) is 3.41. The maximum absolute atomic E-state index is 5.63. The summed E-state index contributed by atoms with van der Waals surface area (Å²) in [6, 6.07) is 1.63. The average molecular weight is 292 g/mol. The Hall–Kier alpha value is -0.0231. The van der Waals surface area contributed by atoms with Crippen molar-refractivity contribution in [1.29, 1.82) is 0 Å². The zero-order valence-electron chi connectivity index (χ0n) is 11.8. The molecule has 0 spiro atoms. The minimum Gasteiger partial charge on any atom is -0.397 e. The van der Waals surface area contributed by atoms with Crippen LogP contribution in [0.1, 0.15) is 0 Å². The van der Waals surface area contributed by atoms with Crippen LogP contribution in [-0.2, 0) is 27.8 Å². The van der Waals surface area contributed by atoms with Gasteiger partial charge in [-0.1, -0.05) is 0 Å². The van der Waals surface area contributed by atoms with E-state index in [1.807, 2.05) is 0 Å². The second-order valence-electron chi connectivity index (χ2n) is 4.88. The van der Waals surface area contributed by atoms with Crippen LogP contribution in [0.4, 0.5) is 0 Å². The first-order valence-corrected chi connectivity index (χ1v) is 9.00. The summed E-state index contributed by atoms with van der Waals surface area (Å²) in [7, 11) is 1.25. The van der Waals surface area contributed by atoms with Crippen molar-refractivity contribution in [2.45, 2.75) is 24.3 Å². The molecule has 2 rings (SSSR count). The number of rotatable bonds is 12. The minimum absolute atomic E-state index is 0.308. The molecule has 2 fully saturated rings. The van der Waals surface area contributed by atoms with Gasteiger partial charge in [0, 0.05) is 39.5 Å². The summed E-state index contributed by atoms with van der Waals surface area (Å²) in [4.78, 5) is 0. The molecule has 0 aliphatic carbocycles. The van der Waals surface area contributed by atoms with Crippen LogP contribution in [0.2, 0.25) is 12.1 Å². The molecule has 0 bridgehead atoms. The van der Waals surface area contributed by atoms with Crippen molar-refractivity contribution in [1.82, 2.24) is 0 Å². The predicted molar refractivity (Wildman–Crippen MR) is 70.5 cm³/mol. The molecule has 2 unspecified atom stereocenters. The summed E-state index contributed by atoms with van der Waals surface area (Å²) < 4.78 is 32.6. The predicted octanol–water partition coefficient (Wildman–Crippen LogP) is 0.552. The fourth-order valence-electron chi connectivity index (χ4n) is 1.83. The van der Waals surface area contributed by atoms with E-state index < -0.39 is 8.56 Å². The Kier molecular flexibility index (Phi) is 6.21. The molecule has 6 nitrogen and oxygen atoms in total. The van der Waals surface area contributed by atoms with Crippen molar-refractivity contribution >= 4 is 8.56 Å². The third-order valence-corrected chi connectivity index (χ3v) is 6.83. The highest BCUT2D eigenvalue weighted by atomic mass is 28.4. The molecular formula is C12H24O6Si. The van der Waals surface area contributed by atoms with Gasteiger partial charge in [-0.3, -0.25) is 0 Å². The first kappa shape index (κ1) is 15.4. The number of hydrogen-bond donors (Lipinski definition) is 0. The molecule has 2 aliphatic heterocycles. The van der Waals surface area contributed by atoms with E-state index in [9.17, 15) is 0 Å². The Balaban J connectivity index is 1.58. The molecule has 2 saturated heterocycles. The van der Waals surface area contributed by atoms with Crippen LogP contribution in [-0.4, -0.2) is 74.6 Å². The topological polar surface area (TPSA) is 62.0 Å². The Bertz CT molecular complexity index is 231. The maximum atomic E-state index is 5.63. The van der Waals surface area contributed by atoms with Crippen molar-refractivity contribution in [2.75, 3.05) is 53.9 Å². The number of hydrogen-bond acceptors (Lipinski definition) is 6. The normalized spacial score (nSPS) is 25.6. The maximum Gasteiger partial charge on any atom is 0.342 e. The molecular weight excluding hydrogens is 268 g/mol. The van der Waals surface area contributed by atoms with E-state index in [0.717, 1.165) is 25.3 Å². The monoisotopic (exact) mass is 292 g/mol. The molecule has 0 radical (unpaired) electrons. The first-order chi connectivity index (χ1) is 9.28. The van der Waals surface area contributed by atoms with Gasteiger partial charge in [0.05, 0.1) is 26.4 Å². The lowest BCUT2D eigenvalue weighted by Crippen LogP contribution is -2.42. The Labute approximate surface area is 115 Å². The standard InChI is InChI=1S/C12H24O6Si/c1-13-19(14-2,5-3-15-7-11-9-17-11)6-4-16-8-12-10-18-12/h11-12H,3-10H2,1-2H3. The zero-order chi connectivity index (χ0) is 13.6. The van der Waals surface area contributed by atoms with E-state index >= 15 is 0 Å². The molecule has 2 heterocycles. The molecule has 2 atom stereocenters. The van der Waals surface area contributed by atoms with E-state index in [2.05, 4.69) is 0 Å². The number of epoxide rings is 2. The van der Waals surface area contributed by atoms with Gasteiger partial charge in [0.25, 0.3) is 0 Å². The van der Waals surface area contributed by atoms with Crippen molar-refractivity contribution < 1.29 is 27.8 Å².